The van der Waals surface area contributed by atoms with Crippen LogP contribution in [-0.4, -0.2) is 25.8 Å². The van der Waals surface area contributed by atoms with E-state index in [0.717, 1.165) is 12.5 Å². The van der Waals surface area contributed by atoms with Gasteiger partial charge in [0.15, 0.2) is 0 Å². The van der Waals surface area contributed by atoms with Crippen LogP contribution in [0.15, 0.2) is 0 Å². The Morgan fingerprint density at radius 3 is 2.55 bits per heavy atom. The molecule has 11 heavy (non-hydrogen) atoms. The monoisotopic (exact) mass is 157 g/mol. The van der Waals surface area contributed by atoms with Crippen LogP contribution in [0.1, 0.15) is 26.7 Å². The fourth-order valence-electron chi connectivity index (χ4n) is 1.48. The Labute approximate surface area is 69.3 Å². The Bertz CT molecular complexity index is 112. The lowest BCUT2D eigenvalue weighted by atomic mass is 10.2. The van der Waals surface area contributed by atoms with Crippen LogP contribution in [0.4, 0.5) is 0 Å². The Balaban J connectivity index is 2.07. The predicted molar refractivity (Wildman–Crippen MR) is 46.7 cm³/mol. The van der Waals surface area contributed by atoms with Crippen LogP contribution in [0.25, 0.3) is 0 Å². The van der Waals surface area contributed by atoms with Gasteiger partial charge in [-0.3, -0.25) is 0 Å². The molecule has 1 aliphatic carbocycles. The molecule has 0 aromatic heterocycles. The topological polar surface area (TPSA) is 21.3 Å². The van der Waals surface area contributed by atoms with E-state index in [0.29, 0.717) is 12.1 Å². The van der Waals surface area contributed by atoms with Gasteiger partial charge in [-0.15, -0.1) is 0 Å². The van der Waals surface area contributed by atoms with E-state index in [4.69, 9.17) is 4.74 Å². The minimum atomic E-state index is 0.496. The Hall–Kier alpha value is -0.0800. The highest BCUT2D eigenvalue weighted by molar-refractivity contribution is 4.84. The molecule has 1 aliphatic rings. The third-order valence-electron chi connectivity index (χ3n) is 2.29. The molecule has 0 aromatic carbocycles. The third kappa shape index (κ3) is 3.21. The fourth-order valence-corrected chi connectivity index (χ4v) is 1.48. The maximum Gasteiger partial charge on any atom is 0.0613 e. The number of hydrogen-bond donors (Lipinski definition) is 1. The van der Waals surface area contributed by atoms with Crippen molar-refractivity contribution in [3.05, 3.63) is 0 Å². The summed E-state index contributed by atoms with van der Waals surface area (Å²) in [6.07, 6.45) is 2.82. The smallest absolute Gasteiger partial charge is 0.0613 e. The first kappa shape index (κ1) is 9.01. The van der Waals surface area contributed by atoms with Gasteiger partial charge in [0, 0.05) is 19.2 Å². The molecule has 0 aromatic rings. The summed E-state index contributed by atoms with van der Waals surface area (Å²) >= 11 is 0. The van der Waals surface area contributed by atoms with E-state index in [2.05, 4.69) is 19.2 Å². The van der Waals surface area contributed by atoms with Crippen LogP contribution < -0.4 is 5.32 Å². The molecule has 1 fully saturated rings. The maximum atomic E-state index is 5.04. The molecule has 2 atom stereocenters. The van der Waals surface area contributed by atoms with E-state index in [-0.39, 0.29) is 0 Å². The SMILES string of the molecule is COC[C@H](C)N[C@@H](C)C1CC1. The molecule has 0 spiro atoms. The first-order valence-corrected chi connectivity index (χ1v) is 4.49. The number of methoxy groups -OCH3 is 1. The molecule has 0 aliphatic heterocycles. The van der Waals surface area contributed by atoms with Gasteiger partial charge in [-0.1, -0.05) is 0 Å². The van der Waals surface area contributed by atoms with Crippen LogP contribution in [0.3, 0.4) is 0 Å². The second kappa shape index (κ2) is 4.07. The third-order valence-corrected chi connectivity index (χ3v) is 2.29. The van der Waals surface area contributed by atoms with Gasteiger partial charge in [-0.25, -0.2) is 0 Å². The Morgan fingerprint density at radius 1 is 1.45 bits per heavy atom. The molecule has 0 heterocycles. The predicted octanol–water partition coefficient (Wildman–Crippen LogP) is 1.41. The molecular formula is C9H19NO. The fraction of sp³-hybridized carbons (Fsp3) is 1.00. The van der Waals surface area contributed by atoms with Gasteiger partial charge >= 0.3 is 0 Å². The first-order valence-electron chi connectivity index (χ1n) is 4.49. The molecule has 0 bridgehead atoms. The lowest BCUT2D eigenvalue weighted by Crippen LogP contribution is -2.38. The summed E-state index contributed by atoms with van der Waals surface area (Å²) in [7, 11) is 1.75. The van der Waals surface area contributed by atoms with Crippen molar-refractivity contribution in [1.82, 2.24) is 5.32 Å². The zero-order valence-corrected chi connectivity index (χ0v) is 7.76. The van der Waals surface area contributed by atoms with Gasteiger partial charge in [0.25, 0.3) is 0 Å². The van der Waals surface area contributed by atoms with Crippen molar-refractivity contribution in [1.29, 1.82) is 0 Å². The van der Waals surface area contributed by atoms with Crippen LogP contribution in [0, 0.1) is 5.92 Å². The average Bonchev–Trinajstić information content (AvgIpc) is 2.67. The standard InChI is InChI=1S/C9H19NO/c1-7(6-11-3)10-8(2)9-4-5-9/h7-10H,4-6H2,1-3H3/t7-,8-/m0/s1. The summed E-state index contributed by atoms with van der Waals surface area (Å²) in [5.74, 6) is 0.939. The highest BCUT2D eigenvalue weighted by atomic mass is 16.5. The zero-order valence-electron chi connectivity index (χ0n) is 7.76. The van der Waals surface area contributed by atoms with E-state index in [9.17, 15) is 0 Å². The van der Waals surface area contributed by atoms with E-state index in [1.165, 1.54) is 12.8 Å². The van der Waals surface area contributed by atoms with Gasteiger partial charge in [0.2, 0.25) is 0 Å². The number of rotatable bonds is 5. The van der Waals surface area contributed by atoms with Crippen molar-refractivity contribution in [2.75, 3.05) is 13.7 Å². The lowest BCUT2D eigenvalue weighted by Gasteiger charge is -2.18. The molecule has 1 saturated carbocycles. The zero-order chi connectivity index (χ0) is 8.27. The molecule has 2 heteroatoms. The van der Waals surface area contributed by atoms with E-state index >= 15 is 0 Å². The van der Waals surface area contributed by atoms with Crippen LogP contribution in [0.5, 0.6) is 0 Å². The highest BCUT2D eigenvalue weighted by Crippen LogP contribution is 2.32. The molecule has 0 unspecified atom stereocenters. The van der Waals surface area contributed by atoms with Crippen molar-refractivity contribution in [3.63, 3.8) is 0 Å². The van der Waals surface area contributed by atoms with Crippen LogP contribution in [-0.2, 0) is 4.74 Å². The van der Waals surface area contributed by atoms with Gasteiger partial charge < -0.3 is 10.1 Å². The molecule has 0 saturated heterocycles. The molecule has 1 rings (SSSR count). The molecule has 0 amide bonds. The lowest BCUT2D eigenvalue weighted by molar-refractivity contribution is 0.166. The van der Waals surface area contributed by atoms with Gasteiger partial charge in [0.05, 0.1) is 6.61 Å². The largest absolute Gasteiger partial charge is 0.383 e. The summed E-state index contributed by atoms with van der Waals surface area (Å²) in [6, 6.07) is 1.18. The van der Waals surface area contributed by atoms with Crippen molar-refractivity contribution >= 4 is 0 Å². The summed E-state index contributed by atoms with van der Waals surface area (Å²) in [5, 5.41) is 3.52. The van der Waals surface area contributed by atoms with Crippen LogP contribution in [0.2, 0.25) is 0 Å². The quantitative estimate of drug-likeness (QED) is 0.651. The van der Waals surface area contributed by atoms with Gasteiger partial charge in [-0.05, 0) is 32.6 Å². The summed E-state index contributed by atoms with van der Waals surface area (Å²) in [6.45, 7) is 5.25. The first-order chi connectivity index (χ1) is 5.24. The minimum absolute atomic E-state index is 0.496. The van der Waals surface area contributed by atoms with Crippen molar-refractivity contribution in [3.8, 4) is 0 Å². The number of ether oxygens (including phenoxy) is 1. The van der Waals surface area contributed by atoms with Crippen molar-refractivity contribution in [2.24, 2.45) is 5.92 Å². The second-order valence-corrected chi connectivity index (χ2v) is 3.65. The van der Waals surface area contributed by atoms with Crippen molar-refractivity contribution < 1.29 is 4.74 Å². The number of hydrogen-bond acceptors (Lipinski definition) is 2. The highest BCUT2D eigenvalue weighted by Gasteiger charge is 2.28. The van der Waals surface area contributed by atoms with E-state index in [1.54, 1.807) is 7.11 Å². The Morgan fingerprint density at radius 2 is 2.09 bits per heavy atom. The van der Waals surface area contributed by atoms with E-state index in [1.807, 2.05) is 0 Å². The molecule has 66 valence electrons. The maximum absolute atomic E-state index is 5.04. The normalized spacial score (nSPS) is 23.2. The summed E-state index contributed by atoms with van der Waals surface area (Å²) < 4.78 is 5.04. The molecule has 2 nitrogen and oxygen atoms in total. The second-order valence-electron chi connectivity index (χ2n) is 3.65. The Kier molecular flexibility index (Phi) is 3.34. The number of nitrogens with one attached hydrogen (secondary N) is 1. The molecule has 1 N–H and O–H groups in total. The van der Waals surface area contributed by atoms with Gasteiger partial charge in [0.1, 0.15) is 0 Å². The van der Waals surface area contributed by atoms with Crippen LogP contribution >= 0.6 is 0 Å². The van der Waals surface area contributed by atoms with E-state index < -0.39 is 0 Å². The van der Waals surface area contributed by atoms with Crippen molar-refractivity contribution in [2.45, 2.75) is 38.8 Å². The minimum Gasteiger partial charge on any atom is -0.383 e. The summed E-state index contributed by atoms with van der Waals surface area (Å²) in [4.78, 5) is 0. The van der Waals surface area contributed by atoms with Gasteiger partial charge in [-0.2, -0.15) is 0 Å². The average molecular weight is 157 g/mol. The molecular weight excluding hydrogens is 138 g/mol. The summed E-state index contributed by atoms with van der Waals surface area (Å²) in [5.41, 5.74) is 0. The molecule has 0 radical (unpaired) electrons.